The summed E-state index contributed by atoms with van der Waals surface area (Å²) in [7, 11) is 0. The minimum Gasteiger partial charge on any atom is -0.381 e. The number of rotatable bonds is 6. The fourth-order valence-electron chi connectivity index (χ4n) is 3.19. The highest BCUT2D eigenvalue weighted by molar-refractivity contribution is 5.74. The predicted molar refractivity (Wildman–Crippen MR) is 82.3 cm³/mol. The molecule has 2 amide bonds. The normalized spacial score (nSPS) is 26.3. The van der Waals surface area contributed by atoms with Gasteiger partial charge >= 0.3 is 6.03 Å². The number of hydrogen-bond donors (Lipinski definition) is 2. The topological polar surface area (TPSA) is 59.6 Å². The maximum Gasteiger partial charge on any atom is 0.315 e. The predicted octanol–water partition coefficient (Wildman–Crippen LogP) is 2.45. The second kappa shape index (κ2) is 8.59. The quantitative estimate of drug-likeness (QED) is 0.792. The second-order valence-corrected chi connectivity index (χ2v) is 6.47. The van der Waals surface area contributed by atoms with Gasteiger partial charge in [0.1, 0.15) is 0 Å². The lowest BCUT2D eigenvalue weighted by Crippen LogP contribution is -2.47. The van der Waals surface area contributed by atoms with E-state index in [1.807, 2.05) is 0 Å². The van der Waals surface area contributed by atoms with E-state index in [1.165, 1.54) is 12.8 Å². The highest BCUT2D eigenvalue weighted by Gasteiger charge is 2.22. The molecule has 0 bridgehead atoms. The van der Waals surface area contributed by atoms with Crippen LogP contribution in [0.2, 0.25) is 0 Å². The minimum absolute atomic E-state index is 0.0474. The van der Waals surface area contributed by atoms with Crippen LogP contribution in [-0.2, 0) is 9.47 Å². The summed E-state index contributed by atoms with van der Waals surface area (Å²) in [5.41, 5.74) is 0. The molecule has 2 rings (SSSR count). The first-order valence-corrected chi connectivity index (χ1v) is 8.41. The van der Waals surface area contributed by atoms with Gasteiger partial charge in [0.25, 0.3) is 0 Å². The molecule has 122 valence electrons. The largest absolute Gasteiger partial charge is 0.381 e. The third kappa shape index (κ3) is 5.83. The molecule has 5 heteroatoms. The molecule has 5 nitrogen and oxygen atoms in total. The van der Waals surface area contributed by atoms with Crippen molar-refractivity contribution in [2.45, 2.75) is 70.6 Å². The average Bonchev–Trinajstić information content (AvgIpc) is 2.99. The van der Waals surface area contributed by atoms with Crippen molar-refractivity contribution in [2.75, 3.05) is 19.8 Å². The van der Waals surface area contributed by atoms with Crippen LogP contribution in [-0.4, -0.2) is 44.0 Å². The van der Waals surface area contributed by atoms with Crippen molar-refractivity contribution >= 4 is 6.03 Å². The Kier molecular flexibility index (Phi) is 6.77. The van der Waals surface area contributed by atoms with Crippen LogP contribution in [0, 0.1) is 5.92 Å². The number of hydrogen-bond acceptors (Lipinski definition) is 3. The zero-order valence-corrected chi connectivity index (χ0v) is 13.4. The molecule has 2 aliphatic heterocycles. The van der Waals surface area contributed by atoms with E-state index < -0.39 is 0 Å². The lowest BCUT2D eigenvalue weighted by molar-refractivity contribution is 0.0570. The lowest BCUT2D eigenvalue weighted by Gasteiger charge is -2.29. The molecule has 3 atom stereocenters. The first kappa shape index (κ1) is 16.6. The summed E-state index contributed by atoms with van der Waals surface area (Å²) in [6.45, 7) is 6.68. The van der Waals surface area contributed by atoms with Crippen LogP contribution in [0.3, 0.4) is 0 Å². The van der Waals surface area contributed by atoms with Crippen LogP contribution in [0.15, 0.2) is 0 Å². The number of urea groups is 1. The highest BCUT2D eigenvalue weighted by atomic mass is 16.5. The molecule has 2 aliphatic rings. The van der Waals surface area contributed by atoms with Crippen LogP contribution in [0.1, 0.15) is 52.4 Å². The highest BCUT2D eigenvalue weighted by Crippen LogP contribution is 2.19. The van der Waals surface area contributed by atoms with Crippen molar-refractivity contribution in [3.63, 3.8) is 0 Å². The van der Waals surface area contributed by atoms with Gasteiger partial charge in [-0.2, -0.15) is 0 Å². The number of nitrogens with one attached hydrogen (secondary N) is 2. The SMILES string of the molecule is CC(CCC1CCCO1)NC(=O)NC(C)C1CCOCC1. The van der Waals surface area contributed by atoms with Crippen molar-refractivity contribution in [1.29, 1.82) is 0 Å². The molecule has 0 spiro atoms. The summed E-state index contributed by atoms with van der Waals surface area (Å²) >= 11 is 0. The summed E-state index contributed by atoms with van der Waals surface area (Å²) in [5.74, 6) is 0.534. The number of carbonyl (C=O) groups is 1. The molecule has 0 aromatic heterocycles. The van der Waals surface area contributed by atoms with Crippen molar-refractivity contribution in [3.05, 3.63) is 0 Å². The molecule has 21 heavy (non-hydrogen) atoms. The van der Waals surface area contributed by atoms with Crippen molar-refractivity contribution in [3.8, 4) is 0 Å². The Balaban J connectivity index is 1.60. The average molecular weight is 298 g/mol. The van der Waals surface area contributed by atoms with Gasteiger partial charge in [-0.25, -0.2) is 4.79 Å². The maximum atomic E-state index is 12.0. The number of carbonyl (C=O) groups excluding carboxylic acids is 1. The van der Waals surface area contributed by atoms with Crippen LogP contribution >= 0.6 is 0 Å². The molecule has 2 fully saturated rings. The van der Waals surface area contributed by atoms with E-state index in [0.29, 0.717) is 12.0 Å². The summed E-state index contributed by atoms with van der Waals surface area (Å²) in [4.78, 5) is 12.0. The Labute approximate surface area is 128 Å². The molecule has 0 saturated carbocycles. The fraction of sp³-hybridized carbons (Fsp3) is 0.938. The van der Waals surface area contributed by atoms with Gasteiger partial charge in [0.05, 0.1) is 6.10 Å². The molecule has 2 heterocycles. The number of ether oxygens (including phenoxy) is 2. The van der Waals surface area contributed by atoms with E-state index in [-0.39, 0.29) is 18.1 Å². The molecule has 2 saturated heterocycles. The molecule has 0 aromatic rings. The van der Waals surface area contributed by atoms with Crippen LogP contribution < -0.4 is 10.6 Å². The first-order valence-electron chi connectivity index (χ1n) is 8.41. The monoisotopic (exact) mass is 298 g/mol. The zero-order valence-electron chi connectivity index (χ0n) is 13.4. The van der Waals surface area contributed by atoms with Crippen molar-refractivity contribution in [2.24, 2.45) is 5.92 Å². The molecular formula is C16H30N2O3. The van der Waals surface area contributed by atoms with Gasteiger partial charge in [0.15, 0.2) is 0 Å². The van der Waals surface area contributed by atoms with Gasteiger partial charge in [-0.3, -0.25) is 0 Å². The van der Waals surface area contributed by atoms with E-state index in [0.717, 1.165) is 45.5 Å². The molecular weight excluding hydrogens is 268 g/mol. The van der Waals surface area contributed by atoms with Crippen molar-refractivity contribution < 1.29 is 14.3 Å². The lowest BCUT2D eigenvalue weighted by atomic mass is 9.93. The van der Waals surface area contributed by atoms with E-state index in [4.69, 9.17) is 9.47 Å². The second-order valence-electron chi connectivity index (χ2n) is 6.47. The summed E-state index contributed by atoms with van der Waals surface area (Å²) in [5, 5.41) is 6.11. The Bertz CT molecular complexity index is 313. The summed E-state index contributed by atoms with van der Waals surface area (Å²) in [6, 6.07) is 0.351. The van der Waals surface area contributed by atoms with E-state index in [9.17, 15) is 4.79 Å². The first-order chi connectivity index (χ1) is 10.1. The van der Waals surface area contributed by atoms with Gasteiger partial charge in [-0.05, 0) is 58.3 Å². The Morgan fingerprint density at radius 2 is 1.90 bits per heavy atom. The zero-order chi connectivity index (χ0) is 15.1. The Morgan fingerprint density at radius 3 is 2.57 bits per heavy atom. The Hall–Kier alpha value is -0.810. The van der Waals surface area contributed by atoms with Crippen LogP contribution in [0.25, 0.3) is 0 Å². The number of amides is 2. The molecule has 2 N–H and O–H groups in total. The van der Waals surface area contributed by atoms with E-state index >= 15 is 0 Å². The van der Waals surface area contributed by atoms with Crippen LogP contribution in [0.4, 0.5) is 4.79 Å². The fourth-order valence-corrected chi connectivity index (χ4v) is 3.19. The Morgan fingerprint density at radius 1 is 1.14 bits per heavy atom. The molecule has 0 radical (unpaired) electrons. The minimum atomic E-state index is -0.0474. The van der Waals surface area contributed by atoms with Gasteiger partial charge in [-0.1, -0.05) is 0 Å². The third-order valence-corrected chi connectivity index (χ3v) is 4.65. The van der Waals surface area contributed by atoms with Crippen molar-refractivity contribution in [1.82, 2.24) is 10.6 Å². The summed E-state index contributed by atoms with van der Waals surface area (Å²) in [6.07, 6.45) is 6.83. The summed E-state index contributed by atoms with van der Waals surface area (Å²) < 4.78 is 11.0. The molecule has 3 unspecified atom stereocenters. The van der Waals surface area contributed by atoms with Crippen LogP contribution in [0.5, 0.6) is 0 Å². The maximum absolute atomic E-state index is 12.0. The third-order valence-electron chi connectivity index (χ3n) is 4.65. The van der Waals surface area contributed by atoms with E-state index in [1.54, 1.807) is 0 Å². The smallest absolute Gasteiger partial charge is 0.315 e. The standard InChI is InChI=1S/C16H30N2O3/c1-12(5-6-15-4-3-9-21-15)17-16(19)18-13(2)14-7-10-20-11-8-14/h12-15H,3-11H2,1-2H3,(H2,17,18,19). The van der Waals surface area contributed by atoms with E-state index in [2.05, 4.69) is 24.5 Å². The van der Waals surface area contributed by atoms with Gasteiger partial charge in [0.2, 0.25) is 0 Å². The van der Waals surface area contributed by atoms with Gasteiger partial charge in [-0.15, -0.1) is 0 Å². The molecule has 0 aromatic carbocycles. The molecule has 0 aliphatic carbocycles. The van der Waals surface area contributed by atoms with Gasteiger partial charge in [0, 0.05) is 31.9 Å². The van der Waals surface area contributed by atoms with Gasteiger partial charge < -0.3 is 20.1 Å².